The van der Waals surface area contributed by atoms with Crippen molar-refractivity contribution in [3.63, 3.8) is 0 Å². The number of hydrogen-bond donors (Lipinski definition) is 1. The van der Waals surface area contributed by atoms with Crippen molar-refractivity contribution in [1.82, 2.24) is 0 Å². The number of anilines is 1. The molecule has 152 valence electrons. The van der Waals surface area contributed by atoms with Crippen molar-refractivity contribution in [3.8, 4) is 5.75 Å². The third-order valence-corrected chi connectivity index (χ3v) is 3.77. The standard InChI is InChI=1S/C20H20N2O7/c1-2-28-17-9-3-14(4-10-17)18(23)11-12-20(25)29-13-19(24)21-15-5-7-16(8-6-15)22(26)27/h3-10H,2,11-13H2,1H3,(H,21,24). The number of esters is 1. The number of ether oxygens (including phenoxy) is 2. The average Bonchev–Trinajstić information content (AvgIpc) is 2.71. The molecular formula is C20H20N2O7. The Morgan fingerprint density at radius 3 is 2.24 bits per heavy atom. The lowest BCUT2D eigenvalue weighted by molar-refractivity contribution is -0.384. The molecule has 9 nitrogen and oxygen atoms in total. The van der Waals surface area contributed by atoms with Crippen LogP contribution in [-0.4, -0.2) is 35.8 Å². The second kappa shape index (κ2) is 10.5. The van der Waals surface area contributed by atoms with Crippen LogP contribution in [0.15, 0.2) is 48.5 Å². The molecule has 0 bridgehead atoms. The fraction of sp³-hybridized carbons (Fsp3) is 0.250. The summed E-state index contributed by atoms with van der Waals surface area (Å²) in [6, 6.07) is 11.8. The summed E-state index contributed by atoms with van der Waals surface area (Å²) in [5, 5.41) is 13.0. The van der Waals surface area contributed by atoms with E-state index in [-0.39, 0.29) is 24.3 Å². The molecular weight excluding hydrogens is 380 g/mol. The first-order valence-electron chi connectivity index (χ1n) is 8.85. The third-order valence-electron chi connectivity index (χ3n) is 3.77. The largest absolute Gasteiger partial charge is 0.494 e. The number of rotatable bonds is 10. The van der Waals surface area contributed by atoms with Gasteiger partial charge in [-0.25, -0.2) is 0 Å². The van der Waals surface area contributed by atoms with E-state index in [1.807, 2.05) is 6.92 Å². The Labute approximate surface area is 166 Å². The molecule has 0 atom stereocenters. The van der Waals surface area contributed by atoms with Gasteiger partial charge in [-0.15, -0.1) is 0 Å². The molecule has 29 heavy (non-hydrogen) atoms. The summed E-state index contributed by atoms with van der Waals surface area (Å²) in [7, 11) is 0. The molecule has 2 aromatic carbocycles. The number of hydrogen-bond acceptors (Lipinski definition) is 7. The molecule has 1 amide bonds. The summed E-state index contributed by atoms with van der Waals surface area (Å²) in [5.74, 6) is -0.837. The van der Waals surface area contributed by atoms with Crippen molar-refractivity contribution in [2.45, 2.75) is 19.8 Å². The quantitative estimate of drug-likeness (QED) is 0.281. The van der Waals surface area contributed by atoms with Gasteiger partial charge in [0.05, 0.1) is 18.0 Å². The number of non-ortho nitro benzene ring substituents is 1. The molecule has 0 aromatic heterocycles. The van der Waals surface area contributed by atoms with E-state index >= 15 is 0 Å². The van der Waals surface area contributed by atoms with Crippen LogP contribution in [0.1, 0.15) is 30.1 Å². The van der Waals surface area contributed by atoms with Gasteiger partial charge in [-0.3, -0.25) is 24.5 Å². The van der Waals surface area contributed by atoms with Crippen LogP contribution in [-0.2, 0) is 14.3 Å². The Morgan fingerprint density at radius 1 is 1.00 bits per heavy atom. The molecule has 0 radical (unpaired) electrons. The molecule has 0 saturated carbocycles. The highest BCUT2D eigenvalue weighted by Crippen LogP contribution is 2.16. The van der Waals surface area contributed by atoms with Crippen LogP contribution in [0.4, 0.5) is 11.4 Å². The number of benzene rings is 2. The first-order valence-corrected chi connectivity index (χ1v) is 8.85. The van der Waals surface area contributed by atoms with Crippen molar-refractivity contribution in [3.05, 3.63) is 64.2 Å². The summed E-state index contributed by atoms with van der Waals surface area (Å²) >= 11 is 0. The van der Waals surface area contributed by atoms with E-state index in [9.17, 15) is 24.5 Å². The summed E-state index contributed by atoms with van der Waals surface area (Å²) < 4.78 is 10.1. The smallest absolute Gasteiger partial charge is 0.306 e. The molecule has 2 aromatic rings. The predicted octanol–water partition coefficient (Wildman–Crippen LogP) is 3.14. The van der Waals surface area contributed by atoms with Crippen molar-refractivity contribution >= 4 is 29.0 Å². The Balaban J connectivity index is 1.72. The second-order valence-electron chi connectivity index (χ2n) is 5.89. The van der Waals surface area contributed by atoms with E-state index in [4.69, 9.17) is 9.47 Å². The summed E-state index contributed by atoms with van der Waals surface area (Å²) in [4.78, 5) is 45.7. The number of amides is 1. The molecule has 2 rings (SSSR count). The Bertz CT molecular complexity index is 877. The van der Waals surface area contributed by atoms with E-state index in [1.54, 1.807) is 24.3 Å². The van der Waals surface area contributed by atoms with Crippen LogP contribution in [0.5, 0.6) is 5.75 Å². The first kappa shape index (κ1) is 21.5. The van der Waals surface area contributed by atoms with Gasteiger partial charge >= 0.3 is 5.97 Å². The fourth-order valence-electron chi connectivity index (χ4n) is 2.35. The molecule has 1 N–H and O–H groups in total. The number of nitro benzene ring substituents is 1. The summed E-state index contributed by atoms with van der Waals surface area (Å²) in [6.07, 6.45) is -0.201. The highest BCUT2D eigenvalue weighted by atomic mass is 16.6. The minimum atomic E-state index is -0.678. The van der Waals surface area contributed by atoms with Gasteiger partial charge < -0.3 is 14.8 Å². The molecule has 9 heteroatoms. The zero-order valence-electron chi connectivity index (χ0n) is 15.8. The topological polar surface area (TPSA) is 125 Å². The van der Waals surface area contributed by atoms with Crippen LogP contribution >= 0.6 is 0 Å². The maximum Gasteiger partial charge on any atom is 0.306 e. The maximum atomic E-state index is 12.1. The molecule has 0 unspecified atom stereocenters. The predicted molar refractivity (Wildman–Crippen MR) is 104 cm³/mol. The minimum Gasteiger partial charge on any atom is -0.494 e. The number of nitro groups is 1. The molecule has 0 aliphatic carbocycles. The van der Waals surface area contributed by atoms with E-state index < -0.39 is 23.4 Å². The Hall–Kier alpha value is -3.75. The summed E-state index contributed by atoms with van der Waals surface area (Å²) in [5.41, 5.74) is 0.686. The normalized spacial score (nSPS) is 10.1. The van der Waals surface area contributed by atoms with Gasteiger partial charge in [0.1, 0.15) is 5.75 Å². The monoisotopic (exact) mass is 400 g/mol. The zero-order chi connectivity index (χ0) is 21.2. The Morgan fingerprint density at radius 2 is 1.66 bits per heavy atom. The molecule has 0 spiro atoms. The molecule has 0 fully saturated rings. The van der Waals surface area contributed by atoms with E-state index in [0.29, 0.717) is 23.6 Å². The number of carbonyl (C=O) groups excluding carboxylic acids is 3. The Kier molecular flexibility index (Phi) is 7.84. The van der Waals surface area contributed by atoms with Crippen LogP contribution in [0.3, 0.4) is 0 Å². The number of nitrogens with zero attached hydrogens (tertiary/aromatic N) is 1. The van der Waals surface area contributed by atoms with Crippen LogP contribution in [0.25, 0.3) is 0 Å². The fourth-order valence-corrected chi connectivity index (χ4v) is 2.35. The SMILES string of the molecule is CCOc1ccc(C(=O)CCC(=O)OCC(=O)Nc2ccc([N+](=O)[O-])cc2)cc1. The second-order valence-corrected chi connectivity index (χ2v) is 5.89. The van der Waals surface area contributed by atoms with E-state index in [1.165, 1.54) is 24.3 Å². The van der Waals surface area contributed by atoms with Gasteiger partial charge in [-0.1, -0.05) is 0 Å². The molecule has 0 saturated heterocycles. The minimum absolute atomic E-state index is 0.0449. The van der Waals surface area contributed by atoms with Crippen molar-refractivity contribution in [2.75, 3.05) is 18.5 Å². The van der Waals surface area contributed by atoms with Crippen LogP contribution < -0.4 is 10.1 Å². The summed E-state index contributed by atoms with van der Waals surface area (Å²) in [6.45, 7) is 1.86. The van der Waals surface area contributed by atoms with E-state index in [2.05, 4.69) is 5.32 Å². The van der Waals surface area contributed by atoms with Gasteiger partial charge in [-0.05, 0) is 43.3 Å². The molecule has 0 aliphatic rings. The highest BCUT2D eigenvalue weighted by molar-refractivity contribution is 5.98. The van der Waals surface area contributed by atoms with Gasteiger partial charge in [-0.2, -0.15) is 0 Å². The van der Waals surface area contributed by atoms with E-state index in [0.717, 1.165) is 0 Å². The first-order chi connectivity index (χ1) is 13.9. The third kappa shape index (κ3) is 7.06. The lowest BCUT2D eigenvalue weighted by atomic mass is 10.1. The van der Waals surface area contributed by atoms with Crippen molar-refractivity contribution in [1.29, 1.82) is 0 Å². The maximum absolute atomic E-state index is 12.1. The van der Waals surface area contributed by atoms with Gasteiger partial charge in [0, 0.05) is 29.8 Å². The lowest BCUT2D eigenvalue weighted by Crippen LogP contribution is -2.21. The van der Waals surface area contributed by atoms with Crippen LogP contribution in [0.2, 0.25) is 0 Å². The molecule has 0 aliphatic heterocycles. The number of Topliss-reactive ketones (excluding diaryl/α,β-unsaturated/α-hetero) is 1. The number of nitrogens with one attached hydrogen (secondary N) is 1. The highest BCUT2D eigenvalue weighted by Gasteiger charge is 2.13. The number of carbonyl (C=O) groups is 3. The van der Waals surface area contributed by atoms with Crippen molar-refractivity contribution in [2.24, 2.45) is 0 Å². The van der Waals surface area contributed by atoms with Crippen molar-refractivity contribution < 1.29 is 28.8 Å². The zero-order valence-corrected chi connectivity index (χ0v) is 15.8. The molecule has 0 heterocycles. The van der Waals surface area contributed by atoms with Gasteiger partial charge in [0.15, 0.2) is 12.4 Å². The average molecular weight is 400 g/mol. The van der Waals surface area contributed by atoms with Crippen LogP contribution in [0, 0.1) is 10.1 Å². The number of ketones is 1. The van der Waals surface area contributed by atoms with Gasteiger partial charge in [0.25, 0.3) is 11.6 Å². The van der Waals surface area contributed by atoms with Gasteiger partial charge in [0.2, 0.25) is 0 Å². The lowest BCUT2D eigenvalue weighted by Gasteiger charge is -2.07.